The minimum absolute atomic E-state index is 0.292. The first-order chi connectivity index (χ1) is 10.0. The zero-order valence-electron chi connectivity index (χ0n) is 11.7. The third-order valence-electron chi connectivity index (χ3n) is 3.27. The summed E-state index contributed by atoms with van der Waals surface area (Å²) in [4.78, 5) is 17.6. The molecule has 21 heavy (non-hydrogen) atoms. The number of aromatic carboxylic acids is 1. The fourth-order valence-corrected chi connectivity index (χ4v) is 3.09. The molecule has 0 fully saturated rings. The first-order valence-corrected chi connectivity index (χ1v) is 7.28. The largest absolute Gasteiger partial charge is 0.478 e. The minimum atomic E-state index is -0.915. The van der Waals surface area contributed by atoms with Gasteiger partial charge in [0.05, 0.1) is 15.8 Å². The van der Waals surface area contributed by atoms with E-state index < -0.39 is 5.97 Å². The van der Waals surface area contributed by atoms with Gasteiger partial charge >= 0.3 is 5.97 Å². The van der Waals surface area contributed by atoms with E-state index in [1.165, 1.54) is 11.3 Å². The van der Waals surface area contributed by atoms with Crippen molar-refractivity contribution in [2.24, 2.45) is 0 Å². The summed E-state index contributed by atoms with van der Waals surface area (Å²) in [6.45, 7) is 0. The maximum atomic E-state index is 11.0. The average Bonchev–Trinajstić information content (AvgIpc) is 2.90. The van der Waals surface area contributed by atoms with Gasteiger partial charge in [-0.2, -0.15) is 0 Å². The quantitative estimate of drug-likeness (QED) is 0.800. The Morgan fingerprint density at radius 2 is 1.86 bits per heavy atom. The molecule has 106 valence electrons. The van der Waals surface area contributed by atoms with Crippen molar-refractivity contribution in [1.82, 2.24) is 4.98 Å². The summed E-state index contributed by atoms with van der Waals surface area (Å²) in [6, 6.07) is 13.2. The van der Waals surface area contributed by atoms with Crippen LogP contribution in [0, 0.1) is 0 Å². The first kappa shape index (κ1) is 13.6. The van der Waals surface area contributed by atoms with Gasteiger partial charge < -0.3 is 10.0 Å². The number of fused-ring (bicyclic) bond motifs is 1. The molecular formula is C16H14N2O2S. The lowest BCUT2D eigenvalue weighted by molar-refractivity contribution is 0.0697. The van der Waals surface area contributed by atoms with Crippen molar-refractivity contribution in [2.45, 2.75) is 0 Å². The van der Waals surface area contributed by atoms with Crippen LogP contribution in [0.25, 0.3) is 20.8 Å². The van der Waals surface area contributed by atoms with Gasteiger partial charge in [0.25, 0.3) is 0 Å². The van der Waals surface area contributed by atoms with Gasteiger partial charge in [0.2, 0.25) is 0 Å². The Kier molecular flexibility index (Phi) is 3.35. The highest BCUT2D eigenvalue weighted by Crippen LogP contribution is 2.31. The third-order valence-corrected chi connectivity index (χ3v) is 4.33. The molecule has 0 saturated heterocycles. The Labute approximate surface area is 126 Å². The van der Waals surface area contributed by atoms with Crippen LogP contribution in [0.4, 0.5) is 5.69 Å². The summed E-state index contributed by atoms with van der Waals surface area (Å²) in [6.07, 6.45) is 0. The topological polar surface area (TPSA) is 53.4 Å². The summed E-state index contributed by atoms with van der Waals surface area (Å²) in [5, 5.41) is 9.93. The molecule has 0 aliphatic rings. The second-order valence-electron chi connectivity index (χ2n) is 4.95. The number of rotatable bonds is 3. The van der Waals surface area contributed by atoms with Gasteiger partial charge in [-0.25, -0.2) is 9.78 Å². The van der Waals surface area contributed by atoms with Crippen LogP contribution in [0.3, 0.4) is 0 Å². The maximum Gasteiger partial charge on any atom is 0.335 e. The number of hydrogen-bond donors (Lipinski definition) is 1. The fourth-order valence-electron chi connectivity index (χ4n) is 2.08. The normalized spacial score (nSPS) is 10.8. The Morgan fingerprint density at radius 1 is 1.14 bits per heavy atom. The highest BCUT2D eigenvalue weighted by molar-refractivity contribution is 7.21. The Hall–Kier alpha value is -2.40. The van der Waals surface area contributed by atoms with E-state index in [0.29, 0.717) is 5.56 Å². The predicted molar refractivity (Wildman–Crippen MR) is 86.3 cm³/mol. The summed E-state index contributed by atoms with van der Waals surface area (Å²) in [5.41, 5.74) is 3.30. The van der Waals surface area contributed by atoms with Crippen LogP contribution in [0.2, 0.25) is 0 Å². The monoisotopic (exact) mass is 298 g/mol. The molecule has 0 aliphatic carbocycles. The second kappa shape index (κ2) is 5.18. The van der Waals surface area contributed by atoms with Gasteiger partial charge in [0.15, 0.2) is 0 Å². The molecule has 0 aliphatic heterocycles. The van der Waals surface area contributed by atoms with Gasteiger partial charge in [-0.3, -0.25) is 0 Å². The first-order valence-electron chi connectivity index (χ1n) is 6.46. The number of carboxylic acids is 1. The number of aromatic nitrogens is 1. The van der Waals surface area contributed by atoms with Gasteiger partial charge in [0, 0.05) is 25.3 Å². The van der Waals surface area contributed by atoms with E-state index in [4.69, 9.17) is 5.11 Å². The highest BCUT2D eigenvalue weighted by atomic mass is 32.1. The maximum absolute atomic E-state index is 11.0. The number of benzene rings is 2. The van der Waals surface area contributed by atoms with Crippen LogP contribution in [-0.2, 0) is 0 Å². The molecule has 5 heteroatoms. The molecule has 0 spiro atoms. The number of hydrogen-bond acceptors (Lipinski definition) is 4. The standard InChI is InChI=1S/C16H14N2O2S/c1-18(2)12-6-3-10(4-7-12)15-17-13-8-5-11(16(19)20)9-14(13)21-15/h3-9H,1-2H3,(H,19,20). The lowest BCUT2D eigenvalue weighted by Crippen LogP contribution is -2.07. The summed E-state index contributed by atoms with van der Waals surface area (Å²) in [5.74, 6) is -0.915. The molecule has 3 aromatic rings. The number of thiazole rings is 1. The molecule has 2 aromatic carbocycles. The lowest BCUT2D eigenvalue weighted by atomic mass is 10.2. The number of carbonyl (C=O) groups is 1. The van der Waals surface area contributed by atoms with Crippen LogP contribution < -0.4 is 4.90 Å². The summed E-state index contributed by atoms with van der Waals surface area (Å²) in [7, 11) is 4.00. The second-order valence-corrected chi connectivity index (χ2v) is 5.98. The van der Waals surface area contributed by atoms with E-state index >= 15 is 0 Å². The Balaban J connectivity index is 2.02. The lowest BCUT2D eigenvalue weighted by Gasteiger charge is -2.11. The Morgan fingerprint density at radius 3 is 2.48 bits per heavy atom. The van der Waals surface area contributed by atoms with E-state index in [0.717, 1.165) is 26.5 Å². The number of carboxylic acid groups (broad SMARTS) is 1. The van der Waals surface area contributed by atoms with Crippen molar-refractivity contribution in [3.8, 4) is 10.6 Å². The smallest absolute Gasteiger partial charge is 0.335 e. The highest BCUT2D eigenvalue weighted by Gasteiger charge is 2.09. The van der Waals surface area contributed by atoms with E-state index in [1.807, 2.05) is 43.3 Å². The van der Waals surface area contributed by atoms with Crippen LogP contribution in [-0.4, -0.2) is 30.2 Å². The molecule has 1 N–H and O–H groups in total. The van der Waals surface area contributed by atoms with Crippen LogP contribution >= 0.6 is 11.3 Å². The Bertz CT molecular complexity index is 807. The molecule has 0 saturated carbocycles. The fraction of sp³-hybridized carbons (Fsp3) is 0.125. The number of anilines is 1. The van der Waals surface area contributed by atoms with Crippen LogP contribution in [0.5, 0.6) is 0 Å². The molecular weight excluding hydrogens is 284 g/mol. The molecule has 0 bridgehead atoms. The minimum Gasteiger partial charge on any atom is -0.478 e. The summed E-state index contributed by atoms with van der Waals surface area (Å²) >= 11 is 1.51. The predicted octanol–water partition coefficient (Wildman–Crippen LogP) is 3.73. The zero-order chi connectivity index (χ0) is 15.0. The molecule has 1 heterocycles. The third kappa shape index (κ3) is 2.60. The number of nitrogens with zero attached hydrogens (tertiary/aromatic N) is 2. The molecule has 0 atom stereocenters. The van der Waals surface area contributed by atoms with Crippen molar-refractivity contribution in [2.75, 3.05) is 19.0 Å². The summed E-state index contributed by atoms with van der Waals surface area (Å²) < 4.78 is 0.890. The molecule has 1 aromatic heterocycles. The van der Waals surface area contributed by atoms with Crippen LogP contribution in [0.1, 0.15) is 10.4 Å². The van der Waals surface area contributed by atoms with Crippen molar-refractivity contribution < 1.29 is 9.90 Å². The molecule has 4 nitrogen and oxygen atoms in total. The van der Waals surface area contributed by atoms with E-state index in [1.54, 1.807) is 18.2 Å². The van der Waals surface area contributed by atoms with Crippen molar-refractivity contribution in [1.29, 1.82) is 0 Å². The molecule has 3 rings (SSSR count). The van der Waals surface area contributed by atoms with E-state index in [-0.39, 0.29) is 0 Å². The van der Waals surface area contributed by atoms with Crippen molar-refractivity contribution in [3.05, 3.63) is 48.0 Å². The van der Waals surface area contributed by atoms with Crippen molar-refractivity contribution >= 4 is 33.2 Å². The molecule has 0 amide bonds. The average molecular weight is 298 g/mol. The van der Waals surface area contributed by atoms with Gasteiger partial charge in [-0.05, 0) is 42.5 Å². The van der Waals surface area contributed by atoms with Gasteiger partial charge in [0.1, 0.15) is 5.01 Å². The van der Waals surface area contributed by atoms with Crippen LogP contribution in [0.15, 0.2) is 42.5 Å². The van der Waals surface area contributed by atoms with Crippen molar-refractivity contribution in [3.63, 3.8) is 0 Å². The van der Waals surface area contributed by atoms with Gasteiger partial charge in [-0.15, -0.1) is 11.3 Å². The van der Waals surface area contributed by atoms with E-state index in [2.05, 4.69) is 4.98 Å². The molecule has 0 unspecified atom stereocenters. The molecule has 0 radical (unpaired) electrons. The van der Waals surface area contributed by atoms with E-state index in [9.17, 15) is 4.79 Å². The SMILES string of the molecule is CN(C)c1ccc(-c2nc3ccc(C(=O)O)cc3s2)cc1. The zero-order valence-corrected chi connectivity index (χ0v) is 12.5. The van der Waals surface area contributed by atoms with Gasteiger partial charge in [-0.1, -0.05) is 0 Å².